The van der Waals surface area contributed by atoms with Gasteiger partial charge in [-0.25, -0.2) is 9.59 Å². The van der Waals surface area contributed by atoms with E-state index in [1.165, 1.54) is 4.57 Å². The van der Waals surface area contributed by atoms with Gasteiger partial charge in [0.15, 0.2) is 6.20 Å². The lowest BCUT2D eigenvalue weighted by Gasteiger charge is -2.13. The number of hydrogen-bond donors (Lipinski definition) is 0. The lowest BCUT2D eigenvalue weighted by molar-refractivity contribution is -0.553. The molecule has 0 saturated heterocycles. The highest BCUT2D eigenvalue weighted by molar-refractivity contribution is 6.14. The first kappa shape index (κ1) is 16.4. The molecule has 1 aromatic heterocycles. The smallest absolute Gasteiger partial charge is 0.403 e. The number of esters is 2. The third kappa shape index (κ3) is 2.78. The van der Waals surface area contributed by atoms with Crippen molar-refractivity contribution in [3.05, 3.63) is 60.5 Å². The van der Waals surface area contributed by atoms with Crippen LogP contribution in [0.15, 0.2) is 60.5 Å². The molecule has 0 saturated carbocycles. The van der Waals surface area contributed by atoms with E-state index in [1.54, 1.807) is 18.3 Å². The standard InChI is InChI=1S/C19H15NO5/c1-24-18(22)16(17(21)19(23)25-2)20-11-12-7-3-4-8-13(12)14-9-5-6-10-15(14)20/h3-11H,1-2H3. The molecule has 0 aliphatic carbocycles. The summed E-state index contributed by atoms with van der Waals surface area (Å²) in [5.74, 6) is -3.12. The van der Waals surface area contributed by atoms with E-state index in [0.29, 0.717) is 5.52 Å². The van der Waals surface area contributed by atoms with Crippen LogP contribution in [0.25, 0.3) is 27.4 Å². The van der Waals surface area contributed by atoms with Crippen molar-refractivity contribution in [1.82, 2.24) is 0 Å². The first-order chi connectivity index (χ1) is 12.1. The van der Waals surface area contributed by atoms with E-state index in [4.69, 9.17) is 4.74 Å². The Morgan fingerprint density at radius 1 is 0.880 bits per heavy atom. The maximum absolute atomic E-state index is 12.4. The molecule has 0 amide bonds. The summed E-state index contributed by atoms with van der Waals surface area (Å²) in [5, 5.41) is 15.0. The summed E-state index contributed by atoms with van der Waals surface area (Å²) in [4.78, 5) is 24.0. The largest absolute Gasteiger partial charge is 0.863 e. The number of hydrogen-bond acceptors (Lipinski definition) is 5. The molecule has 0 spiro atoms. The normalized spacial score (nSPS) is 11.9. The molecule has 0 aliphatic heterocycles. The molecular weight excluding hydrogens is 322 g/mol. The second-order valence-corrected chi connectivity index (χ2v) is 5.26. The SMILES string of the molecule is COC(=O)/C([O-])=C(/C(=O)OC)[n+]1cc2ccccc2c2ccccc21. The summed E-state index contributed by atoms with van der Waals surface area (Å²) in [6.07, 6.45) is 1.63. The number of para-hydroxylation sites is 1. The molecule has 0 fully saturated rings. The number of carbonyl (C=O) groups excluding carboxylic acids is 2. The van der Waals surface area contributed by atoms with Crippen molar-refractivity contribution in [3.63, 3.8) is 0 Å². The molecule has 0 bridgehead atoms. The monoisotopic (exact) mass is 337 g/mol. The van der Waals surface area contributed by atoms with E-state index in [-0.39, 0.29) is 0 Å². The zero-order valence-corrected chi connectivity index (χ0v) is 13.7. The van der Waals surface area contributed by atoms with Crippen molar-refractivity contribution in [3.8, 4) is 0 Å². The minimum atomic E-state index is -1.13. The van der Waals surface area contributed by atoms with Gasteiger partial charge in [0.1, 0.15) is 0 Å². The van der Waals surface area contributed by atoms with Crippen LogP contribution in [0.2, 0.25) is 0 Å². The zero-order chi connectivity index (χ0) is 18.0. The van der Waals surface area contributed by atoms with E-state index >= 15 is 0 Å². The second kappa shape index (κ2) is 6.60. The van der Waals surface area contributed by atoms with Gasteiger partial charge in [0, 0.05) is 16.8 Å². The maximum atomic E-state index is 12.4. The van der Waals surface area contributed by atoms with Gasteiger partial charge in [0.05, 0.1) is 25.4 Å². The van der Waals surface area contributed by atoms with Crippen molar-refractivity contribution in [2.24, 2.45) is 0 Å². The Kier molecular flexibility index (Phi) is 4.35. The molecule has 3 rings (SSSR count). The fraction of sp³-hybridized carbons (Fsp3) is 0.105. The minimum absolute atomic E-state index is 0.420. The fourth-order valence-corrected chi connectivity index (χ4v) is 2.75. The highest BCUT2D eigenvalue weighted by atomic mass is 16.5. The molecule has 6 heteroatoms. The number of fused-ring (bicyclic) bond motifs is 3. The second-order valence-electron chi connectivity index (χ2n) is 5.26. The van der Waals surface area contributed by atoms with Crippen LogP contribution >= 0.6 is 0 Å². The van der Waals surface area contributed by atoms with Gasteiger partial charge in [-0.2, -0.15) is 4.57 Å². The van der Waals surface area contributed by atoms with Crippen molar-refractivity contribution in [2.75, 3.05) is 14.2 Å². The summed E-state index contributed by atoms with van der Waals surface area (Å²) in [6, 6.07) is 14.8. The Hall–Kier alpha value is -3.41. The number of aromatic nitrogens is 1. The molecule has 2 aromatic carbocycles. The van der Waals surface area contributed by atoms with Crippen LogP contribution in [0.3, 0.4) is 0 Å². The number of pyridine rings is 1. The fourth-order valence-electron chi connectivity index (χ4n) is 2.75. The number of ether oxygens (including phenoxy) is 2. The van der Waals surface area contributed by atoms with E-state index in [9.17, 15) is 14.7 Å². The van der Waals surface area contributed by atoms with Crippen LogP contribution in [-0.4, -0.2) is 26.2 Å². The summed E-state index contributed by atoms with van der Waals surface area (Å²) >= 11 is 0. The van der Waals surface area contributed by atoms with E-state index in [2.05, 4.69) is 4.74 Å². The number of benzene rings is 2. The van der Waals surface area contributed by atoms with Gasteiger partial charge in [-0.3, -0.25) is 0 Å². The molecule has 0 unspecified atom stereocenters. The predicted molar refractivity (Wildman–Crippen MR) is 88.9 cm³/mol. The van der Waals surface area contributed by atoms with Crippen LogP contribution in [0, 0.1) is 0 Å². The topological polar surface area (TPSA) is 79.5 Å². The quantitative estimate of drug-likeness (QED) is 0.236. The summed E-state index contributed by atoms with van der Waals surface area (Å²) in [7, 11) is 2.23. The summed E-state index contributed by atoms with van der Waals surface area (Å²) in [6.45, 7) is 0. The lowest BCUT2D eigenvalue weighted by atomic mass is 10.1. The van der Waals surface area contributed by atoms with Crippen molar-refractivity contribution in [1.29, 1.82) is 0 Å². The number of carbonyl (C=O) groups is 2. The van der Waals surface area contributed by atoms with Gasteiger partial charge in [0.25, 0.3) is 5.70 Å². The summed E-state index contributed by atoms with van der Waals surface area (Å²) in [5.41, 5.74) is 0.176. The van der Waals surface area contributed by atoms with Gasteiger partial charge in [-0.15, -0.1) is 0 Å². The van der Waals surface area contributed by atoms with Gasteiger partial charge in [-0.05, 0) is 12.1 Å². The lowest BCUT2D eigenvalue weighted by Crippen LogP contribution is -2.42. The third-order valence-corrected chi connectivity index (χ3v) is 3.89. The highest BCUT2D eigenvalue weighted by Crippen LogP contribution is 2.23. The predicted octanol–water partition coefficient (Wildman–Crippen LogP) is 1.16. The Labute approximate surface area is 143 Å². The van der Waals surface area contributed by atoms with Crippen molar-refractivity contribution < 1.29 is 28.7 Å². The third-order valence-electron chi connectivity index (χ3n) is 3.89. The highest BCUT2D eigenvalue weighted by Gasteiger charge is 2.28. The van der Waals surface area contributed by atoms with Crippen LogP contribution in [0.1, 0.15) is 0 Å². The molecule has 25 heavy (non-hydrogen) atoms. The van der Waals surface area contributed by atoms with E-state index in [0.717, 1.165) is 30.4 Å². The van der Waals surface area contributed by atoms with Crippen LogP contribution < -0.4 is 9.67 Å². The van der Waals surface area contributed by atoms with Gasteiger partial charge in [-0.1, -0.05) is 30.3 Å². The Bertz CT molecular complexity index is 1020. The Morgan fingerprint density at radius 3 is 2.16 bits per heavy atom. The molecule has 1 heterocycles. The summed E-state index contributed by atoms with van der Waals surface area (Å²) < 4.78 is 10.6. The van der Waals surface area contributed by atoms with Crippen molar-refractivity contribution >= 4 is 39.3 Å². The Balaban J connectivity index is 2.45. The first-order valence-electron chi connectivity index (χ1n) is 7.49. The molecule has 126 valence electrons. The average molecular weight is 337 g/mol. The maximum Gasteiger partial charge on any atom is 0.403 e. The Morgan fingerprint density at radius 2 is 1.48 bits per heavy atom. The van der Waals surface area contributed by atoms with Gasteiger partial charge < -0.3 is 14.6 Å². The zero-order valence-electron chi connectivity index (χ0n) is 13.7. The number of nitrogens with zero attached hydrogens (tertiary/aromatic N) is 1. The van der Waals surface area contributed by atoms with Gasteiger partial charge in [0.2, 0.25) is 5.52 Å². The van der Waals surface area contributed by atoms with E-state index in [1.807, 2.05) is 36.4 Å². The molecule has 0 radical (unpaired) electrons. The average Bonchev–Trinajstić information content (AvgIpc) is 2.67. The van der Waals surface area contributed by atoms with E-state index < -0.39 is 23.4 Å². The number of methoxy groups -OCH3 is 2. The number of rotatable bonds is 3. The molecule has 0 aliphatic rings. The molecule has 0 atom stereocenters. The van der Waals surface area contributed by atoms with Crippen LogP contribution in [0.5, 0.6) is 0 Å². The van der Waals surface area contributed by atoms with Crippen LogP contribution in [-0.2, 0) is 19.1 Å². The van der Waals surface area contributed by atoms with Gasteiger partial charge >= 0.3 is 11.9 Å². The molecule has 0 N–H and O–H groups in total. The first-order valence-corrected chi connectivity index (χ1v) is 7.49. The molecule has 6 nitrogen and oxygen atoms in total. The van der Waals surface area contributed by atoms with Crippen molar-refractivity contribution in [2.45, 2.75) is 0 Å². The molecule has 3 aromatic rings. The molecular formula is C19H15NO5. The minimum Gasteiger partial charge on any atom is -0.863 e. The van der Waals surface area contributed by atoms with Crippen LogP contribution in [0.4, 0.5) is 0 Å².